The summed E-state index contributed by atoms with van der Waals surface area (Å²) < 4.78 is 37.9. The van der Waals surface area contributed by atoms with Crippen LogP contribution in [-0.2, 0) is 14.6 Å². The Bertz CT molecular complexity index is 1340. The summed E-state index contributed by atoms with van der Waals surface area (Å²) in [5.74, 6) is 4.07. The Morgan fingerprint density at radius 1 is 0.967 bits per heavy atom. The van der Waals surface area contributed by atoms with Gasteiger partial charge in [-0.3, -0.25) is 14.9 Å². The van der Waals surface area contributed by atoms with E-state index in [2.05, 4.69) is 17.2 Å². The Morgan fingerprint density at radius 3 is 2.33 bits per heavy atom. The number of hydrogen-bond donors (Lipinski definition) is 1. The molecule has 1 fully saturated rings. The van der Waals surface area contributed by atoms with Crippen LogP contribution >= 0.6 is 11.8 Å². The van der Waals surface area contributed by atoms with Crippen molar-refractivity contribution in [2.45, 2.75) is 15.4 Å². The fourth-order valence-corrected chi connectivity index (χ4v) is 6.27. The van der Waals surface area contributed by atoms with E-state index in [1.54, 1.807) is 18.2 Å². The minimum Gasteiger partial charge on any atom is -0.285 e. The van der Waals surface area contributed by atoms with Crippen LogP contribution in [0.3, 0.4) is 0 Å². The molecule has 5 nitrogen and oxygen atoms in total. The van der Waals surface area contributed by atoms with Gasteiger partial charge in [-0.1, -0.05) is 42.2 Å². The topological polar surface area (TPSA) is 80.3 Å². The summed E-state index contributed by atoms with van der Waals surface area (Å²) in [6.45, 7) is 0. The number of sulfone groups is 1. The lowest BCUT2D eigenvalue weighted by molar-refractivity contribution is -0.119. The van der Waals surface area contributed by atoms with Crippen LogP contribution in [0.2, 0.25) is 0 Å². The van der Waals surface area contributed by atoms with Crippen LogP contribution in [0.15, 0.2) is 71.6 Å². The average Bonchev–Trinajstić information content (AvgIpc) is 3.03. The van der Waals surface area contributed by atoms with E-state index in [-0.39, 0.29) is 4.90 Å². The molecular formula is C22H14FNO4S2. The molecule has 2 amide bonds. The number of amides is 2. The second-order valence-corrected chi connectivity index (χ2v) is 10.3. The number of rotatable bonds is 3. The minimum absolute atomic E-state index is 0.0675. The van der Waals surface area contributed by atoms with Gasteiger partial charge in [0.15, 0.2) is 0 Å². The molecule has 1 N–H and O–H groups in total. The van der Waals surface area contributed by atoms with Gasteiger partial charge in [-0.15, -0.1) is 0 Å². The van der Waals surface area contributed by atoms with Crippen LogP contribution in [0.1, 0.15) is 12.0 Å². The summed E-state index contributed by atoms with van der Waals surface area (Å²) in [6.07, 6.45) is -0.401. The zero-order valence-electron chi connectivity index (χ0n) is 15.4. The fourth-order valence-electron chi connectivity index (χ4n) is 3.12. The smallest absolute Gasteiger partial charge is 0.285 e. The average molecular weight is 439 g/mol. The molecule has 4 rings (SSSR count). The van der Waals surface area contributed by atoms with Crippen molar-refractivity contribution >= 4 is 43.5 Å². The van der Waals surface area contributed by atoms with Gasteiger partial charge in [0.1, 0.15) is 5.82 Å². The highest BCUT2D eigenvalue weighted by Gasteiger charge is 2.58. The first-order valence-corrected chi connectivity index (χ1v) is 11.1. The van der Waals surface area contributed by atoms with E-state index in [9.17, 15) is 22.4 Å². The van der Waals surface area contributed by atoms with E-state index in [1.165, 1.54) is 36.4 Å². The maximum Gasteiger partial charge on any atom is 0.287 e. The maximum atomic E-state index is 13.5. The third kappa shape index (κ3) is 3.47. The van der Waals surface area contributed by atoms with Gasteiger partial charge in [0.05, 0.1) is 4.90 Å². The van der Waals surface area contributed by atoms with Gasteiger partial charge in [-0.25, -0.2) is 12.8 Å². The molecule has 150 valence electrons. The number of nitrogens with one attached hydrogen (secondary N) is 1. The molecule has 0 bridgehead atoms. The Labute approximate surface area is 176 Å². The monoisotopic (exact) mass is 439 g/mol. The third-order valence-corrected chi connectivity index (χ3v) is 8.61. The quantitative estimate of drug-likeness (QED) is 0.627. The van der Waals surface area contributed by atoms with Crippen molar-refractivity contribution in [2.75, 3.05) is 0 Å². The van der Waals surface area contributed by atoms with Gasteiger partial charge >= 0.3 is 0 Å². The number of benzene rings is 3. The Kier molecular flexibility index (Phi) is 5.10. The molecule has 1 aliphatic heterocycles. The Hall–Kier alpha value is -3.15. The van der Waals surface area contributed by atoms with Crippen LogP contribution in [0.5, 0.6) is 0 Å². The first kappa shape index (κ1) is 20.1. The SMILES string of the molecule is O=C1NC(=O)C(CC#Cc2ccc(F)cc2)(S(=O)(=O)c2ccc3ccccc3c2)S1. The summed E-state index contributed by atoms with van der Waals surface area (Å²) in [6, 6.07) is 17.1. The van der Waals surface area contributed by atoms with E-state index in [0.717, 1.165) is 5.39 Å². The van der Waals surface area contributed by atoms with Crippen molar-refractivity contribution in [3.63, 3.8) is 0 Å². The molecule has 0 spiro atoms. The standard InChI is InChI=1S/C22H14FNO4S2/c23-18-10-7-15(8-11-18)4-3-13-22(20(25)24-21(26)29-22)30(27,28)19-12-9-16-5-1-2-6-17(16)14-19/h1-2,5-12,14H,13H2,(H,24,25,26). The van der Waals surface area contributed by atoms with Crippen LogP contribution < -0.4 is 5.32 Å². The number of carbonyl (C=O) groups excluding carboxylic acids is 2. The lowest BCUT2D eigenvalue weighted by Gasteiger charge is -2.22. The molecule has 8 heteroatoms. The van der Waals surface area contributed by atoms with Gasteiger partial charge in [0, 0.05) is 12.0 Å². The summed E-state index contributed by atoms with van der Waals surface area (Å²) in [4.78, 5) is 24.5. The van der Waals surface area contributed by atoms with Crippen LogP contribution in [-0.4, -0.2) is 23.6 Å². The van der Waals surface area contributed by atoms with Crippen LogP contribution in [0.25, 0.3) is 10.8 Å². The molecule has 0 aromatic heterocycles. The second kappa shape index (κ2) is 7.59. The third-order valence-electron chi connectivity index (χ3n) is 4.68. The van der Waals surface area contributed by atoms with E-state index in [4.69, 9.17) is 0 Å². The van der Waals surface area contributed by atoms with E-state index in [0.29, 0.717) is 22.7 Å². The molecule has 1 saturated heterocycles. The van der Waals surface area contributed by atoms with E-state index < -0.39 is 37.3 Å². The fraction of sp³-hybridized carbons (Fsp3) is 0.0909. The van der Waals surface area contributed by atoms with Gasteiger partial charge < -0.3 is 0 Å². The van der Waals surface area contributed by atoms with Crippen molar-refractivity contribution in [3.05, 3.63) is 78.1 Å². The molecule has 30 heavy (non-hydrogen) atoms. The second-order valence-electron chi connectivity index (χ2n) is 6.59. The number of fused-ring (bicyclic) bond motifs is 1. The van der Waals surface area contributed by atoms with Gasteiger partial charge in [-0.2, -0.15) is 0 Å². The van der Waals surface area contributed by atoms with Gasteiger partial charge in [-0.05, 0) is 58.9 Å². The summed E-state index contributed by atoms with van der Waals surface area (Å²) in [5.41, 5.74) is 0.462. The van der Waals surface area contributed by atoms with Gasteiger partial charge in [0.25, 0.3) is 11.1 Å². The Morgan fingerprint density at radius 2 is 1.67 bits per heavy atom. The molecule has 0 radical (unpaired) electrons. The maximum absolute atomic E-state index is 13.5. The minimum atomic E-state index is -4.27. The summed E-state index contributed by atoms with van der Waals surface area (Å²) in [5, 5.41) is 2.87. The molecular weight excluding hydrogens is 425 g/mol. The molecule has 1 heterocycles. The van der Waals surface area contributed by atoms with E-state index in [1.807, 2.05) is 12.1 Å². The van der Waals surface area contributed by atoms with Crippen molar-refractivity contribution in [3.8, 4) is 11.8 Å². The van der Waals surface area contributed by atoms with Crippen molar-refractivity contribution in [1.82, 2.24) is 5.32 Å². The molecule has 0 aliphatic carbocycles. The number of halogens is 1. The summed E-state index contributed by atoms with van der Waals surface area (Å²) in [7, 11) is -4.27. The summed E-state index contributed by atoms with van der Waals surface area (Å²) >= 11 is 0.416. The molecule has 1 atom stereocenters. The lowest BCUT2D eigenvalue weighted by Crippen LogP contribution is -2.43. The number of hydrogen-bond acceptors (Lipinski definition) is 5. The van der Waals surface area contributed by atoms with E-state index >= 15 is 0 Å². The van der Waals surface area contributed by atoms with Crippen molar-refractivity contribution in [1.29, 1.82) is 0 Å². The normalized spacial score (nSPS) is 18.7. The highest BCUT2D eigenvalue weighted by Crippen LogP contribution is 2.43. The predicted octanol–water partition coefficient (Wildman–Crippen LogP) is 3.87. The van der Waals surface area contributed by atoms with Crippen molar-refractivity contribution < 1.29 is 22.4 Å². The number of thioether (sulfide) groups is 1. The zero-order chi connectivity index (χ0) is 21.4. The number of carbonyl (C=O) groups is 2. The largest absolute Gasteiger partial charge is 0.287 e. The number of imide groups is 1. The molecule has 0 saturated carbocycles. The molecule has 1 unspecified atom stereocenters. The highest BCUT2D eigenvalue weighted by molar-refractivity contribution is 8.25. The van der Waals surface area contributed by atoms with Crippen LogP contribution in [0.4, 0.5) is 9.18 Å². The molecule has 1 aliphatic rings. The molecule has 3 aromatic carbocycles. The predicted molar refractivity (Wildman–Crippen MR) is 113 cm³/mol. The Balaban J connectivity index is 1.77. The van der Waals surface area contributed by atoms with Crippen LogP contribution in [0, 0.1) is 17.7 Å². The van der Waals surface area contributed by atoms with Crippen molar-refractivity contribution in [2.24, 2.45) is 0 Å². The lowest BCUT2D eigenvalue weighted by atomic mass is 10.1. The van der Waals surface area contributed by atoms with Gasteiger partial charge in [0.2, 0.25) is 13.9 Å². The first-order chi connectivity index (χ1) is 14.3. The zero-order valence-corrected chi connectivity index (χ0v) is 17.0. The highest BCUT2D eigenvalue weighted by atomic mass is 32.3. The first-order valence-electron chi connectivity index (χ1n) is 8.84. The molecule has 3 aromatic rings.